The third-order valence-electron chi connectivity index (χ3n) is 5.49. The van der Waals surface area contributed by atoms with E-state index < -0.39 is 12.1 Å². The molecule has 0 amide bonds. The number of hydrogen-bond acceptors (Lipinski definition) is 8. The number of nitrogens with zero attached hydrogens (tertiary/aromatic N) is 4. The quantitative estimate of drug-likeness (QED) is 0.591. The first-order chi connectivity index (χ1) is 14.6. The average Bonchev–Trinajstić information content (AvgIpc) is 3.20. The third-order valence-corrected chi connectivity index (χ3v) is 6.44. The van der Waals surface area contributed by atoms with Crippen molar-refractivity contribution in [3.8, 4) is 0 Å². The predicted octanol–water partition coefficient (Wildman–Crippen LogP) is 4.34. The number of rotatable bonds is 6. The van der Waals surface area contributed by atoms with Crippen LogP contribution in [-0.2, 0) is 9.53 Å². The molecule has 1 N–H and O–H groups in total. The average molecular weight is 495 g/mol. The smallest absolute Gasteiger partial charge is 0.340 e. The highest BCUT2D eigenvalue weighted by atomic mass is 79.9. The molecule has 170 valence electrons. The van der Waals surface area contributed by atoms with E-state index in [9.17, 15) is 9.90 Å². The minimum atomic E-state index is -1.40. The van der Waals surface area contributed by atoms with Gasteiger partial charge in [0.25, 0.3) is 0 Å². The molecule has 0 saturated carbocycles. The Labute approximate surface area is 191 Å². The summed E-state index contributed by atoms with van der Waals surface area (Å²) in [6.07, 6.45) is -0.0466. The normalized spacial score (nSPS) is 16.3. The molecule has 1 saturated heterocycles. The number of esters is 1. The summed E-state index contributed by atoms with van der Waals surface area (Å²) >= 11 is 3.64. The number of piperidine rings is 1. The Bertz CT molecular complexity index is 936. The van der Waals surface area contributed by atoms with Gasteiger partial charge in [-0.2, -0.15) is 4.98 Å². The van der Waals surface area contributed by atoms with E-state index in [2.05, 4.69) is 36.0 Å². The van der Waals surface area contributed by atoms with E-state index in [1.807, 2.05) is 27.7 Å². The Hall–Kier alpha value is -2.00. The van der Waals surface area contributed by atoms with Gasteiger partial charge in [0.2, 0.25) is 5.89 Å². The molecule has 0 aliphatic carbocycles. The van der Waals surface area contributed by atoms with Gasteiger partial charge in [-0.3, -0.25) is 4.98 Å². The van der Waals surface area contributed by atoms with E-state index in [4.69, 9.17) is 9.26 Å². The molecule has 0 aromatic carbocycles. The van der Waals surface area contributed by atoms with E-state index in [-0.39, 0.29) is 17.9 Å². The van der Waals surface area contributed by atoms with Crippen LogP contribution < -0.4 is 4.90 Å². The zero-order valence-electron chi connectivity index (χ0n) is 19.0. The highest BCUT2D eigenvalue weighted by Crippen LogP contribution is 2.40. The largest absolute Gasteiger partial charge is 0.461 e. The topological polar surface area (TPSA) is 102 Å². The first-order valence-corrected chi connectivity index (χ1v) is 11.5. The fourth-order valence-corrected chi connectivity index (χ4v) is 4.42. The Morgan fingerprint density at radius 1 is 1.16 bits per heavy atom. The van der Waals surface area contributed by atoms with Crippen molar-refractivity contribution < 1.29 is 19.2 Å². The molecule has 31 heavy (non-hydrogen) atoms. The maximum atomic E-state index is 12.5. The molecule has 1 unspecified atom stereocenters. The van der Waals surface area contributed by atoms with Crippen LogP contribution in [0.4, 0.5) is 5.69 Å². The summed E-state index contributed by atoms with van der Waals surface area (Å²) in [6, 6.07) is 0. The van der Waals surface area contributed by atoms with Crippen LogP contribution in [0.1, 0.15) is 87.1 Å². The van der Waals surface area contributed by atoms with Gasteiger partial charge in [-0.05, 0) is 56.5 Å². The fraction of sp³-hybridized carbons (Fsp3) is 0.636. The Kier molecular flexibility index (Phi) is 7.36. The van der Waals surface area contributed by atoms with Crippen LogP contribution in [0.5, 0.6) is 0 Å². The summed E-state index contributed by atoms with van der Waals surface area (Å²) in [4.78, 5) is 23.7. The first-order valence-electron chi connectivity index (χ1n) is 10.7. The molecule has 3 heterocycles. The first kappa shape index (κ1) is 23.7. The number of hydrogen-bond donors (Lipinski definition) is 1. The Balaban J connectivity index is 1.86. The number of anilines is 1. The molecule has 1 fully saturated rings. The predicted molar refractivity (Wildman–Crippen MR) is 120 cm³/mol. The van der Waals surface area contributed by atoms with Crippen molar-refractivity contribution in [2.45, 2.75) is 78.4 Å². The van der Waals surface area contributed by atoms with Crippen LogP contribution in [-0.4, -0.2) is 45.4 Å². The standard InChI is InChI=1S/C22H31BrN4O4/c1-11(2)20-25-21(31-26-20)15-7-9-27(10-8-15)18-16(13(5)24-14(6)17(18)23)19(28)22(29)30-12(3)4/h11-12,15,19,28H,7-10H2,1-6H3. The zero-order chi connectivity index (χ0) is 22.9. The molecule has 0 spiro atoms. The van der Waals surface area contributed by atoms with Gasteiger partial charge in [-0.25, -0.2) is 4.79 Å². The minimum absolute atomic E-state index is 0.193. The van der Waals surface area contributed by atoms with Gasteiger partial charge in [0.15, 0.2) is 11.9 Å². The highest BCUT2D eigenvalue weighted by Gasteiger charge is 2.33. The number of aliphatic hydroxyl groups is 1. The van der Waals surface area contributed by atoms with E-state index in [0.29, 0.717) is 17.1 Å². The molecule has 2 aromatic rings. The van der Waals surface area contributed by atoms with Crippen molar-refractivity contribution >= 4 is 27.6 Å². The second kappa shape index (κ2) is 9.65. The van der Waals surface area contributed by atoms with Gasteiger partial charge >= 0.3 is 5.97 Å². The molecule has 8 nitrogen and oxygen atoms in total. The van der Waals surface area contributed by atoms with Gasteiger partial charge in [0, 0.05) is 36.2 Å². The minimum Gasteiger partial charge on any atom is -0.461 e. The van der Waals surface area contributed by atoms with Crippen LogP contribution in [0.25, 0.3) is 0 Å². The summed E-state index contributed by atoms with van der Waals surface area (Å²) in [6.45, 7) is 12.8. The van der Waals surface area contributed by atoms with E-state index in [0.717, 1.165) is 47.6 Å². The lowest BCUT2D eigenvalue weighted by Crippen LogP contribution is -2.35. The van der Waals surface area contributed by atoms with Crippen molar-refractivity contribution in [1.82, 2.24) is 15.1 Å². The van der Waals surface area contributed by atoms with Crippen LogP contribution >= 0.6 is 15.9 Å². The summed E-state index contributed by atoms with van der Waals surface area (Å²) < 4.78 is 11.5. The van der Waals surface area contributed by atoms with Crippen molar-refractivity contribution in [2.75, 3.05) is 18.0 Å². The number of aryl methyl sites for hydroxylation is 2. The van der Waals surface area contributed by atoms with Gasteiger partial charge in [-0.15, -0.1) is 0 Å². The molecule has 0 bridgehead atoms. The number of ether oxygens (including phenoxy) is 1. The summed E-state index contributed by atoms with van der Waals surface area (Å²) in [5, 5.41) is 14.9. The molecule has 9 heteroatoms. The second-order valence-electron chi connectivity index (χ2n) is 8.65. The summed E-state index contributed by atoms with van der Waals surface area (Å²) in [5.41, 5.74) is 2.71. The molecular formula is C22H31BrN4O4. The number of carbonyl (C=O) groups is 1. The Morgan fingerprint density at radius 2 is 1.81 bits per heavy atom. The maximum Gasteiger partial charge on any atom is 0.340 e. The lowest BCUT2D eigenvalue weighted by Gasteiger charge is -2.35. The van der Waals surface area contributed by atoms with Crippen molar-refractivity contribution in [3.63, 3.8) is 0 Å². The molecule has 3 rings (SSSR count). The lowest BCUT2D eigenvalue weighted by atomic mass is 9.94. The SMILES string of the molecule is Cc1nc(C)c(C(O)C(=O)OC(C)C)c(N2CCC(c3nc(C(C)C)no3)CC2)c1Br. The molecule has 0 radical (unpaired) electrons. The van der Waals surface area contributed by atoms with E-state index in [1.54, 1.807) is 13.8 Å². The van der Waals surface area contributed by atoms with Crippen LogP contribution in [0.15, 0.2) is 9.00 Å². The summed E-state index contributed by atoms with van der Waals surface area (Å²) in [5.74, 6) is 1.17. The third kappa shape index (κ3) is 5.09. The van der Waals surface area contributed by atoms with Crippen LogP contribution in [0.3, 0.4) is 0 Å². The van der Waals surface area contributed by atoms with Gasteiger partial charge in [0.1, 0.15) is 0 Å². The molecule has 1 aliphatic heterocycles. The van der Waals surface area contributed by atoms with Crippen molar-refractivity contribution in [2.24, 2.45) is 0 Å². The monoisotopic (exact) mass is 494 g/mol. The zero-order valence-corrected chi connectivity index (χ0v) is 20.6. The second-order valence-corrected chi connectivity index (χ2v) is 9.45. The number of aromatic nitrogens is 3. The van der Waals surface area contributed by atoms with E-state index in [1.165, 1.54) is 0 Å². The van der Waals surface area contributed by atoms with Gasteiger partial charge in [-0.1, -0.05) is 19.0 Å². The summed E-state index contributed by atoms with van der Waals surface area (Å²) in [7, 11) is 0. The van der Waals surface area contributed by atoms with Crippen LogP contribution in [0.2, 0.25) is 0 Å². The van der Waals surface area contributed by atoms with E-state index >= 15 is 0 Å². The number of halogens is 1. The maximum absolute atomic E-state index is 12.5. The Morgan fingerprint density at radius 3 is 2.35 bits per heavy atom. The van der Waals surface area contributed by atoms with Gasteiger partial charge in [0.05, 0.1) is 22.0 Å². The molecule has 2 aromatic heterocycles. The number of aliphatic hydroxyl groups excluding tert-OH is 1. The van der Waals surface area contributed by atoms with Gasteiger partial charge < -0.3 is 19.3 Å². The fourth-order valence-electron chi connectivity index (χ4n) is 3.87. The van der Waals surface area contributed by atoms with Crippen LogP contribution in [0, 0.1) is 13.8 Å². The number of carbonyl (C=O) groups excluding carboxylic acids is 1. The van der Waals surface area contributed by atoms with Crippen molar-refractivity contribution in [1.29, 1.82) is 0 Å². The van der Waals surface area contributed by atoms with Crippen molar-refractivity contribution in [3.05, 3.63) is 33.1 Å². The molecule has 1 atom stereocenters. The molecular weight excluding hydrogens is 464 g/mol. The number of pyridine rings is 1. The lowest BCUT2D eigenvalue weighted by molar-refractivity contribution is -0.157. The highest BCUT2D eigenvalue weighted by molar-refractivity contribution is 9.10. The molecule has 1 aliphatic rings.